The van der Waals surface area contributed by atoms with Crippen molar-refractivity contribution in [1.82, 2.24) is 10.2 Å². The van der Waals surface area contributed by atoms with Gasteiger partial charge in [-0.05, 0) is 78.3 Å². The first-order valence-corrected chi connectivity index (χ1v) is 10.0. The van der Waals surface area contributed by atoms with Crippen LogP contribution in [-0.2, 0) is 4.79 Å². The number of phenolic OH excluding ortho intramolecular Hbond substituents is 1. The van der Waals surface area contributed by atoms with Gasteiger partial charge in [0.1, 0.15) is 5.70 Å². The van der Waals surface area contributed by atoms with Crippen molar-refractivity contribution in [3.8, 4) is 11.5 Å². The predicted molar refractivity (Wildman–Crippen MR) is 109 cm³/mol. The lowest BCUT2D eigenvalue weighted by Crippen LogP contribution is -2.41. The minimum atomic E-state index is -0.0713. The number of nitrogens with zero attached hydrogens (tertiary/aromatic N) is 1. The number of amides is 1. The molecular formula is C18H21IN2O3S. The zero-order valence-electron chi connectivity index (χ0n) is 14.0. The van der Waals surface area contributed by atoms with Gasteiger partial charge in [-0.25, -0.2) is 0 Å². The molecule has 0 aromatic heterocycles. The second kappa shape index (κ2) is 7.90. The van der Waals surface area contributed by atoms with Crippen molar-refractivity contribution in [1.29, 1.82) is 0 Å². The second-order valence-corrected chi connectivity index (χ2v) is 7.79. The van der Waals surface area contributed by atoms with E-state index in [4.69, 9.17) is 17.0 Å². The Balaban J connectivity index is 1.86. The van der Waals surface area contributed by atoms with Gasteiger partial charge in [0.05, 0.1) is 10.2 Å². The van der Waals surface area contributed by atoms with Crippen molar-refractivity contribution in [3.05, 3.63) is 27.0 Å². The van der Waals surface area contributed by atoms with Crippen LogP contribution in [-0.4, -0.2) is 33.7 Å². The van der Waals surface area contributed by atoms with Gasteiger partial charge in [0.15, 0.2) is 16.6 Å². The second-order valence-electron chi connectivity index (χ2n) is 6.24. The summed E-state index contributed by atoms with van der Waals surface area (Å²) in [6, 6.07) is 3.74. The number of aromatic hydroxyl groups is 1. The van der Waals surface area contributed by atoms with Gasteiger partial charge < -0.3 is 15.2 Å². The highest BCUT2D eigenvalue weighted by atomic mass is 127. The number of hydrogen-bond acceptors (Lipinski definition) is 4. The molecule has 1 aromatic rings. The molecular weight excluding hydrogens is 451 g/mol. The predicted octanol–water partition coefficient (Wildman–Crippen LogP) is 3.79. The third kappa shape index (κ3) is 3.92. The van der Waals surface area contributed by atoms with E-state index >= 15 is 0 Å². The summed E-state index contributed by atoms with van der Waals surface area (Å²) in [5, 5.41) is 13.6. The van der Waals surface area contributed by atoms with Gasteiger partial charge >= 0.3 is 0 Å². The molecule has 2 N–H and O–H groups in total. The molecule has 0 atom stereocenters. The zero-order chi connectivity index (χ0) is 18.0. The van der Waals surface area contributed by atoms with Crippen LogP contribution < -0.4 is 10.1 Å². The molecule has 1 aromatic carbocycles. The van der Waals surface area contributed by atoms with Crippen molar-refractivity contribution < 1.29 is 14.6 Å². The third-order valence-electron chi connectivity index (χ3n) is 4.51. The van der Waals surface area contributed by atoms with E-state index in [1.165, 1.54) is 6.42 Å². The summed E-state index contributed by atoms with van der Waals surface area (Å²) < 4.78 is 6.13. The van der Waals surface area contributed by atoms with Crippen LogP contribution in [0.1, 0.15) is 44.6 Å². The highest BCUT2D eigenvalue weighted by molar-refractivity contribution is 14.1. The smallest absolute Gasteiger partial charge is 0.276 e. The van der Waals surface area contributed by atoms with E-state index in [1.54, 1.807) is 17.0 Å². The summed E-state index contributed by atoms with van der Waals surface area (Å²) in [6.45, 7) is 2.32. The number of halogens is 1. The highest BCUT2D eigenvalue weighted by Crippen LogP contribution is 2.34. The van der Waals surface area contributed by atoms with Gasteiger partial charge in [-0.2, -0.15) is 0 Å². The quantitative estimate of drug-likeness (QED) is 0.397. The first-order chi connectivity index (χ1) is 12.0. The average molecular weight is 472 g/mol. The van der Waals surface area contributed by atoms with Gasteiger partial charge in [0.2, 0.25) is 0 Å². The van der Waals surface area contributed by atoms with Crippen molar-refractivity contribution >= 4 is 51.9 Å². The molecule has 0 spiro atoms. The Labute approximate surface area is 166 Å². The molecule has 2 aliphatic rings. The van der Waals surface area contributed by atoms with E-state index in [-0.39, 0.29) is 17.7 Å². The molecule has 1 amide bonds. The Bertz CT molecular complexity index is 729. The monoisotopic (exact) mass is 472 g/mol. The van der Waals surface area contributed by atoms with Crippen molar-refractivity contribution in [2.75, 3.05) is 6.61 Å². The SMILES string of the molecule is CCOc1cc(/C=C2\NC(=S)N(C3CCCCC3)C2=O)cc(I)c1O. The Morgan fingerprint density at radius 3 is 2.80 bits per heavy atom. The number of carbonyl (C=O) groups excluding carboxylic acids is 1. The maximum absolute atomic E-state index is 12.8. The molecule has 1 saturated heterocycles. The van der Waals surface area contributed by atoms with Crippen LogP contribution in [0.4, 0.5) is 0 Å². The summed E-state index contributed by atoms with van der Waals surface area (Å²) in [6.07, 6.45) is 7.29. The molecule has 0 bridgehead atoms. The Kier molecular flexibility index (Phi) is 5.83. The van der Waals surface area contributed by atoms with E-state index < -0.39 is 0 Å². The molecule has 3 rings (SSSR count). The van der Waals surface area contributed by atoms with Crippen LogP contribution in [0.15, 0.2) is 17.8 Å². The number of benzene rings is 1. The summed E-state index contributed by atoms with van der Waals surface area (Å²) in [7, 11) is 0. The molecule has 1 saturated carbocycles. The molecule has 1 aliphatic heterocycles. The minimum Gasteiger partial charge on any atom is -0.504 e. The van der Waals surface area contributed by atoms with E-state index in [0.717, 1.165) is 31.2 Å². The summed E-state index contributed by atoms with van der Waals surface area (Å²) >= 11 is 7.44. The number of rotatable bonds is 4. The number of nitrogens with one attached hydrogen (secondary N) is 1. The van der Waals surface area contributed by atoms with Gasteiger partial charge in [-0.1, -0.05) is 19.3 Å². The van der Waals surface area contributed by atoms with E-state index in [0.29, 0.717) is 26.7 Å². The Morgan fingerprint density at radius 1 is 1.40 bits per heavy atom. The van der Waals surface area contributed by atoms with Crippen molar-refractivity contribution in [2.24, 2.45) is 0 Å². The molecule has 7 heteroatoms. The van der Waals surface area contributed by atoms with Crippen LogP contribution in [0.3, 0.4) is 0 Å². The number of hydrogen-bond donors (Lipinski definition) is 2. The lowest BCUT2D eigenvalue weighted by atomic mass is 9.94. The van der Waals surface area contributed by atoms with E-state index in [9.17, 15) is 9.90 Å². The lowest BCUT2D eigenvalue weighted by Gasteiger charge is -2.29. The fourth-order valence-electron chi connectivity index (χ4n) is 3.33. The molecule has 0 radical (unpaired) electrons. The van der Waals surface area contributed by atoms with Crippen LogP contribution >= 0.6 is 34.8 Å². The Morgan fingerprint density at radius 2 is 2.12 bits per heavy atom. The van der Waals surface area contributed by atoms with Crippen LogP contribution in [0.5, 0.6) is 11.5 Å². The maximum atomic E-state index is 12.8. The van der Waals surface area contributed by atoms with Crippen molar-refractivity contribution in [2.45, 2.75) is 45.1 Å². The van der Waals surface area contributed by atoms with Crippen LogP contribution in [0.2, 0.25) is 0 Å². The topological polar surface area (TPSA) is 61.8 Å². The molecule has 2 fully saturated rings. The first-order valence-electron chi connectivity index (χ1n) is 8.52. The highest BCUT2D eigenvalue weighted by Gasteiger charge is 2.36. The van der Waals surface area contributed by atoms with Crippen LogP contribution in [0, 0.1) is 3.57 Å². The van der Waals surface area contributed by atoms with Gasteiger partial charge in [0.25, 0.3) is 5.91 Å². The molecule has 0 unspecified atom stereocenters. The third-order valence-corrected chi connectivity index (χ3v) is 5.63. The summed E-state index contributed by atoms with van der Waals surface area (Å²) in [5.74, 6) is 0.464. The number of phenols is 1. The van der Waals surface area contributed by atoms with E-state index in [2.05, 4.69) is 5.32 Å². The number of thiocarbonyl (C=S) groups is 1. The fourth-order valence-corrected chi connectivity index (χ4v) is 4.30. The maximum Gasteiger partial charge on any atom is 0.276 e. The zero-order valence-corrected chi connectivity index (χ0v) is 17.0. The first kappa shape index (κ1) is 18.4. The Hall–Kier alpha value is -1.35. The summed E-state index contributed by atoms with van der Waals surface area (Å²) in [5.41, 5.74) is 1.26. The van der Waals surface area contributed by atoms with Gasteiger partial charge in [0, 0.05) is 6.04 Å². The molecule has 25 heavy (non-hydrogen) atoms. The largest absolute Gasteiger partial charge is 0.504 e. The molecule has 1 aliphatic carbocycles. The molecule has 134 valence electrons. The van der Waals surface area contributed by atoms with E-state index in [1.807, 2.05) is 35.6 Å². The standard InChI is InChI=1S/C18H21IN2O3S/c1-2-24-15-10-11(8-13(19)16(15)22)9-14-17(23)21(18(25)20-14)12-6-4-3-5-7-12/h8-10,12,22H,2-7H2,1H3,(H,20,25)/b14-9-. The number of carbonyl (C=O) groups is 1. The summed E-state index contributed by atoms with van der Waals surface area (Å²) in [4.78, 5) is 14.5. The fraction of sp³-hybridized carbons (Fsp3) is 0.444. The number of ether oxygens (including phenoxy) is 1. The van der Waals surface area contributed by atoms with Crippen molar-refractivity contribution in [3.63, 3.8) is 0 Å². The lowest BCUT2D eigenvalue weighted by molar-refractivity contribution is -0.124. The normalized spacial score (nSPS) is 20.2. The van der Waals surface area contributed by atoms with Gasteiger partial charge in [-0.3, -0.25) is 9.69 Å². The minimum absolute atomic E-state index is 0.0713. The van der Waals surface area contributed by atoms with Crippen LogP contribution in [0.25, 0.3) is 6.08 Å². The van der Waals surface area contributed by atoms with Gasteiger partial charge in [-0.15, -0.1) is 0 Å². The average Bonchev–Trinajstić information content (AvgIpc) is 2.87. The molecule has 5 nitrogen and oxygen atoms in total. The molecule has 1 heterocycles.